The Morgan fingerprint density at radius 2 is 2.11 bits per heavy atom. The standard InChI is InChI=1S/C12H17FN2O2S/c13-11-9-10(1-2-12(11)14)18(16)8-5-15-3-6-17-7-4-15/h1-2,9H,3-8,14H2. The maximum Gasteiger partial charge on any atom is 0.147 e. The highest BCUT2D eigenvalue weighted by Crippen LogP contribution is 2.15. The van der Waals surface area contributed by atoms with Gasteiger partial charge in [0.2, 0.25) is 0 Å². The smallest absolute Gasteiger partial charge is 0.147 e. The van der Waals surface area contributed by atoms with E-state index in [2.05, 4.69) is 4.90 Å². The van der Waals surface area contributed by atoms with Crippen molar-refractivity contribution in [3.8, 4) is 0 Å². The summed E-state index contributed by atoms with van der Waals surface area (Å²) in [6.45, 7) is 3.93. The first-order valence-corrected chi connectivity index (χ1v) is 7.22. The molecule has 2 N–H and O–H groups in total. The number of morpholine rings is 1. The van der Waals surface area contributed by atoms with Crippen LogP contribution in [0.15, 0.2) is 23.1 Å². The van der Waals surface area contributed by atoms with Gasteiger partial charge >= 0.3 is 0 Å². The minimum absolute atomic E-state index is 0.0870. The lowest BCUT2D eigenvalue weighted by molar-refractivity contribution is 0.0409. The first kappa shape index (κ1) is 13.5. The zero-order chi connectivity index (χ0) is 13.0. The Balaban J connectivity index is 1.88. The molecule has 0 bridgehead atoms. The molecule has 1 saturated heterocycles. The van der Waals surface area contributed by atoms with Gasteiger partial charge in [0.1, 0.15) is 5.82 Å². The number of hydrogen-bond acceptors (Lipinski definition) is 4. The first-order chi connectivity index (χ1) is 8.66. The SMILES string of the molecule is Nc1ccc(S(=O)CCN2CCOCC2)cc1F. The largest absolute Gasteiger partial charge is 0.396 e. The van der Waals surface area contributed by atoms with Crippen LogP contribution in [0.25, 0.3) is 0 Å². The Bertz CT molecular complexity index is 436. The van der Waals surface area contributed by atoms with Gasteiger partial charge in [-0.25, -0.2) is 4.39 Å². The van der Waals surface area contributed by atoms with Crippen LogP contribution in [-0.2, 0) is 15.5 Å². The van der Waals surface area contributed by atoms with Crippen molar-refractivity contribution in [1.82, 2.24) is 4.90 Å². The minimum Gasteiger partial charge on any atom is -0.396 e. The Morgan fingerprint density at radius 3 is 2.78 bits per heavy atom. The van der Waals surface area contributed by atoms with Crippen LogP contribution in [0, 0.1) is 5.82 Å². The second-order valence-electron chi connectivity index (χ2n) is 4.19. The molecule has 1 aromatic rings. The van der Waals surface area contributed by atoms with E-state index in [0.29, 0.717) is 10.6 Å². The topological polar surface area (TPSA) is 55.6 Å². The van der Waals surface area contributed by atoms with Gasteiger partial charge < -0.3 is 10.5 Å². The zero-order valence-corrected chi connectivity index (χ0v) is 10.9. The fraction of sp³-hybridized carbons (Fsp3) is 0.500. The predicted octanol–water partition coefficient (Wildman–Crippen LogP) is 0.848. The van der Waals surface area contributed by atoms with Crippen molar-refractivity contribution >= 4 is 16.5 Å². The van der Waals surface area contributed by atoms with Gasteiger partial charge in [0, 0.05) is 30.3 Å². The molecule has 1 unspecified atom stereocenters. The lowest BCUT2D eigenvalue weighted by Crippen LogP contribution is -2.38. The number of rotatable bonds is 4. The Kier molecular flexibility index (Phi) is 4.68. The number of halogens is 1. The summed E-state index contributed by atoms with van der Waals surface area (Å²) >= 11 is 0. The van der Waals surface area contributed by atoms with E-state index in [0.717, 1.165) is 32.8 Å². The summed E-state index contributed by atoms with van der Waals surface area (Å²) in [5.41, 5.74) is 5.47. The fourth-order valence-corrected chi connectivity index (χ4v) is 2.92. The number of nitrogens with two attached hydrogens (primary N) is 1. The lowest BCUT2D eigenvalue weighted by Gasteiger charge is -2.26. The van der Waals surface area contributed by atoms with E-state index in [4.69, 9.17) is 10.5 Å². The monoisotopic (exact) mass is 272 g/mol. The highest BCUT2D eigenvalue weighted by molar-refractivity contribution is 7.85. The summed E-state index contributed by atoms with van der Waals surface area (Å²) in [6, 6.07) is 4.33. The quantitative estimate of drug-likeness (QED) is 0.826. The van der Waals surface area contributed by atoms with E-state index in [1.165, 1.54) is 12.1 Å². The van der Waals surface area contributed by atoms with E-state index in [-0.39, 0.29) is 5.69 Å². The van der Waals surface area contributed by atoms with E-state index in [1.807, 2.05) is 0 Å². The van der Waals surface area contributed by atoms with Gasteiger partial charge in [-0.2, -0.15) is 0 Å². The molecule has 0 radical (unpaired) electrons. The molecular formula is C12H17FN2O2S. The van der Waals surface area contributed by atoms with Crippen LogP contribution >= 0.6 is 0 Å². The number of nitrogens with zero attached hydrogens (tertiary/aromatic N) is 1. The third kappa shape index (κ3) is 3.51. The molecule has 0 aromatic heterocycles. The summed E-state index contributed by atoms with van der Waals surface area (Å²) in [6.07, 6.45) is 0. The van der Waals surface area contributed by atoms with Gasteiger partial charge in [0.25, 0.3) is 0 Å². The molecule has 0 spiro atoms. The maximum atomic E-state index is 13.2. The predicted molar refractivity (Wildman–Crippen MR) is 69.3 cm³/mol. The molecule has 0 amide bonds. The number of hydrogen-bond donors (Lipinski definition) is 1. The van der Waals surface area contributed by atoms with Crippen molar-refractivity contribution in [2.75, 3.05) is 44.3 Å². The van der Waals surface area contributed by atoms with Crippen LogP contribution < -0.4 is 5.73 Å². The van der Waals surface area contributed by atoms with Crippen LogP contribution in [0.5, 0.6) is 0 Å². The lowest BCUT2D eigenvalue weighted by atomic mass is 10.3. The number of benzene rings is 1. The van der Waals surface area contributed by atoms with Gasteiger partial charge in [-0.3, -0.25) is 9.11 Å². The average Bonchev–Trinajstić information content (AvgIpc) is 2.40. The summed E-state index contributed by atoms with van der Waals surface area (Å²) in [4.78, 5) is 2.70. The summed E-state index contributed by atoms with van der Waals surface area (Å²) in [7, 11) is -1.18. The highest BCUT2D eigenvalue weighted by Gasteiger charge is 2.13. The van der Waals surface area contributed by atoms with Crippen LogP contribution in [0.4, 0.5) is 10.1 Å². The molecule has 1 atom stereocenters. The van der Waals surface area contributed by atoms with Crippen molar-refractivity contribution in [3.63, 3.8) is 0 Å². The molecule has 2 rings (SSSR count). The minimum atomic E-state index is -1.18. The molecule has 6 heteroatoms. The van der Waals surface area contributed by atoms with Crippen LogP contribution in [0.2, 0.25) is 0 Å². The van der Waals surface area contributed by atoms with Gasteiger partial charge in [0.05, 0.1) is 29.7 Å². The molecule has 4 nitrogen and oxygen atoms in total. The molecule has 1 aliphatic heterocycles. The number of anilines is 1. The van der Waals surface area contributed by atoms with Gasteiger partial charge in [-0.15, -0.1) is 0 Å². The van der Waals surface area contributed by atoms with E-state index in [9.17, 15) is 8.60 Å². The highest BCUT2D eigenvalue weighted by atomic mass is 32.2. The summed E-state index contributed by atoms with van der Waals surface area (Å²) in [5.74, 6) is -0.00387. The van der Waals surface area contributed by atoms with Crippen LogP contribution in [0.1, 0.15) is 0 Å². The Morgan fingerprint density at radius 1 is 1.39 bits per heavy atom. The molecular weight excluding hydrogens is 255 g/mol. The molecule has 1 fully saturated rings. The van der Waals surface area contributed by atoms with E-state index in [1.54, 1.807) is 6.07 Å². The normalized spacial score (nSPS) is 18.7. The second-order valence-corrected chi connectivity index (χ2v) is 5.76. The maximum absolute atomic E-state index is 13.2. The second kappa shape index (κ2) is 6.26. The van der Waals surface area contributed by atoms with Crippen LogP contribution in [-0.4, -0.2) is 47.7 Å². The fourth-order valence-electron chi connectivity index (χ4n) is 1.80. The van der Waals surface area contributed by atoms with Crippen molar-refractivity contribution < 1.29 is 13.3 Å². The van der Waals surface area contributed by atoms with Crippen molar-refractivity contribution in [2.45, 2.75) is 4.90 Å². The summed E-state index contributed by atoms with van der Waals surface area (Å²) < 4.78 is 30.5. The Hall–Kier alpha value is -0.980. The van der Waals surface area contributed by atoms with Gasteiger partial charge in [0.15, 0.2) is 0 Å². The third-order valence-electron chi connectivity index (χ3n) is 2.93. The molecule has 100 valence electrons. The molecule has 1 aliphatic rings. The average molecular weight is 272 g/mol. The van der Waals surface area contributed by atoms with Crippen molar-refractivity contribution in [1.29, 1.82) is 0 Å². The number of nitrogen functional groups attached to an aromatic ring is 1. The Labute approximate surface area is 108 Å². The summed E-state index contributed by atoms with van der Waals surface area (Å²) in [5, 5.41) is 0. The number of ether oxygens (including phenoxy) is 1. The van der Waals surface area contributed by atoms with E-state index >= 15 is 0 Å². The molecule has 0 saturated carbocycles. The van der Waals surface area contributed by atoms with E-state index < -0.39 is 16.6 Å². The van der Waals surface area contributed by atoms with Gasteiger partial charge in [-0.1, -0.05) is 0 Å². The molecule has 1 aromatic carbocycles. The first-order valence-electron chi connectivity index (χ1n) is 5.90. The van der Waals surface area contributed by atoms with Crippen molar-refractivity contribution in [3.05, 3.63) is 24.0 Å². The molecule has 18 heavy (non-hydrogen) atoms. The zero-order valence-electron chi connectivity index (χ0n) is 10.1. The molecule has 1 heterocycles. The van der Waals surface area contributed by atoms with Gasteiger partial charge in [-0.05, 0) is 18.2 Å². The molecule has 0 aliphatic carbocycles. The van der Waals surface area contributed by atoms with Crippen LogP contribution in [0.3, 0.4) is 0 Å². The third-order valence-corrected chi connectivity index (χ3v) is 4.26. The van der Waals surface area contributed by atoms with Crippen molar-refractivity contribution in [2.24, 2.45) is 0 Å².